The van der Waals surface area contributed by atoms with Gasteiger partial charge in [0, 0.05) is 119 Å². The molecular formula is C107H121N7O6S8. The molecule has 0 aliphatic carbocycles. The third kappa shape index (κ3) is 19.3. The first-order chi connectivity index (χ1) is 61.4. The van der Waals surface area contributed by atoms with Crippen LogP contribution in [-0.4, -0.2) is 99.3 Å². The Balaban J connectivity index is 0.641. The van der Waals surface area contributed by atoms with Gasteiger partial charge in [0.15, 0.2) is 0 Å². The van der Waals surface area contributed by atoms with E-state index in [1.165, 1.54) is 35.5 Å². The molecule has 0 saturated heterocycles. The molecule has 2 aromatic carbocycles. The monoisotopic (exact) mass is 1860 g/mol. The van der Waals surface area contributed by atoms with Gasteiger partial charge in [0.2, 0.25) is 0 Å². The Bertz CT molecular complexity index is 6070. The zero-order chi connectivity index (χ0) is 90.7. The minimum Gasteiger partial charge on any atom is -0.350 e. The van der Waals surface area contributed by atoms with Gasteiger partial charge in [-0.2, -0.15) is 0 Å². The van der Waals surface area contributed by atoms with Crippen LogP contribution in [0, 0.1) is 23.7 Å². The number of carbonyl (C=O) groups excluding carboxylic acids is 6. The molecule has 2 atom stereocenters. The van der Waals surface area contributed by atoms with E-state index >= 15 is 19.2 Å². The number of hydrogen-bond acceptors (Lipinski definition) is 15. The Morgan fingerprint density at radius 1 is 0.359 bits per heavy atom. The van der Waals surface area contributed by atoms with Gasteiger partial charge < -0.3 is 30.2 Å². The number of benzene rings is 2. The smallest absolute Gasteiger partial charge is 0.269 e. The van der Waals surface area contributed by atoms with E-state index in [1.54, 1.807) is 97.6 Å². The van der Waals surface area contributed by atoms with Crippen LogP contribution in [0.5, 0.6) is 0 Å². The van der Waals surface area contributed by atoms with Crippen molar-refractivity contribution in [1.29, 1.82) is 0 Å². The van der Waals surface area contributed by atoms with E-state index in [-0.39, 0.29) is 68.5 Å². The minimum atomic E-state index is -0.353. The highest BCUT2D eigenvalue weighted by atomic mass is 32.1. The number of amides is 6. The quantitative estimate of drug-likeness (QED) is 0.0387. The molecule has 9 aromatic heterocycles. The first-order valence-corrected chi connectivity index (χ1v) is 52.3. The van der Waals surface area contributed by atoms with Gasteiger partial charge in [-0.25, -0.2) is 4.98 Å². The number of nitrogens with one attached hydrogen (secondary N) is 2. The zero-order valence-electron chi connectivity index (χ0n) is 76.9. The molecule has 0 spiro atoms. The Morgan fingerprint density at radius 3 is 1.18 bits per heavy atom. The van der Waals surface area contributed by atoms with E-state index in [0.717, 1.165) is 135 Å². The van der Waals surface area contributed by atoms with Crippen LogP contribution in [0.15, 0.2) is 198 Å². The second-order valence-electron chi connectivity index (χ2n) is 37.6. The minimum absolute atomic E-state index is 0.0768. The maximum Gasteiger partial charge on any atom is 0.269 e. The topological polar surface area (TPSA) is 152 Å². The zero-order valence-corrected chi connectivity index (χ0v) is 83.4. The van der Waals surface area contributed by atoms with E-state index < -0.39 is 0 Å². The highest BCUT2D eigenvalue weighted by Gasteiger charge is 2.53. The molecule has 4 aliphatic rings. The third-order valence-electron chi connectivity index (χ3n) is 26.4. The lowest BCUT2D eigenvalue weighted by molar-refractivity contribution is -0.124. The van der Waals surface area contributed by atoms with Gasteiger partial charge in [0.25, 0.3) is 35.4 Å². The van der Waals surface area contributed by atoms with Crippen LogP contribution < -0.4 is 10.6 Å². The van der Waals surface area contributed by atoms with Crippen molar-refractivity contribution in [1.82, 2.24) is 35.2 Å². The Kier molecular flexibility index (Phi) is 29.0. The first-order valence-electron chi connectivity index (χ1n) is 45.8. The molecule has 128 heavy (non-hydrogen) atoms. The molecule has 13 heterocycles. The summed E-state index contributed by atoms with van der Waals surface area (Å²) in [5.41, 5.74) is 6.85. The average Bonchev–Trinajstić information content (AvgIpc) is 1.56. The fourth-order valence-corrected chi connectivity index (χ4v) is 27.3. The Hall–Kier alpha value is -9.29. The average molecular weight is 1860 g/mol. The van der Waals surface area contributed by atoms with Crippen LogP contribution >= 0.6 is 90.7 Å². The predicted molar refractivity (Wildman–Crippen MR) is 541 cm³/mol. The summed E-state index contributed by atoms with van der Waals surface area (Å²) in [6.45, 7) is 39.0. The summed E-state index contributed by atoms with van der Waals surface area (Å²) in [5, 5.41) is 6.04. The second-order valence-corrected chi connectivity index (χ2v) is 46.5. The molecule has 15 rings (SSSR count). The summed E-state index contributed by atoms with van der Waals surface area (Å²) >= 11 is 13.7. The summed E-state index contributed by atoms with van der Waals surface area (Å²) < 4.78 is 0. The lowest BCUT2D eigenvalue weighted by atomic mass is 9.63. The van der Waals surface area contributed by atoms with Crippen molar-refractivity contribution in [2.75, 3.05) is 39.3 Å². The van der Waals surface area contributed by atoms with Crippen molar-refractivity contribution in [3.8, 4) is 19.5 Å². The van der Waals surface area contributed by atoms with E-state index in [1.807, 2.05) is 37.0 Å². The summed E-state index contributed by atoms with van der Waals surface area (Å²) in [5.74, 6) is 0.758. The van der Waals surface area contributed by atoms with Crippen molar-refractivity contribution < 1.29 is 28.8 Å². The first kappa shape index (κ1) is 93.4. The highest BCUT2D eigenvalue weighted by Crippen LogP contribution is 2.56. The van der Waals surface area contributed by atoms with Gasteiger partial charge in [-0.15, -0.1) is 90.7 Å². The number of hydrogen-bond donors (Lipinski definition) is 2. The third-order valence-corrected chi connectivity index (χ3v) is 36.7. The molecule has 2 N–H and O–H groups in total. The maximum atomic E-state index is 15.7. The van der Waals surface area contributed by atoms with Crippen molar-refractivity contribution >= 4 is 161 Å². The number of thiophene rings is 8. The highest BCUT2D eigenvalue weighted by molar-refractivity contribution is 7.23. The number of rotatable bonds is 41. The molecule has 0 bridgehead atoms. The molecule has 11 aromatic rings. The van der Waals surface area contributed by atoms with Crippen molar-refractivity contribution in [2.24, 2.45) is 23.7 Å². The SMILES string of the molecule is CCC(C)(c1ccccc1)c1ccc(C2=C3C(=O)N(CCCC(C)C)C(c4ccc(-c5ccc(/C=C/c6ccc(C(C)(C)C(C)(CC)c7ccc(C8=C9C(=O)N(CCCC(C)C)C(c%10ccc(-c%11ccc(CCNC(=O)c%12cccc(C(=O)NCCc%13ccc(C(C)(C)c%14ccccc%14)s%13)n%12)s%11)s%10)=C9C(=O)N8CCCC(C)C)s7)s6)s5)s4)=C3C(=O)N2CCCC(C)C)s1. The fourth-order valence-electron chi connectivity index (χ4n) is 18.0. The number of nitrogens with zero attached hydrogens (tertiary/aromatic N) is 5. The van der Waals surface area contributed by atoms with E-state index in [9.17, 15) is 9.59 Å². The van der Waals surface area contributed by atoms with Crippen LogP contribution in [0.3, 0.4) is 0 Å². The molecule has 13 nitrogen and oxygen atoms in total. The number of pyridine rings is 1. The van der Waals surface area contributed by atoms with E-state index in [2.05, 4.69) is 290 Å². The van der Waals surface area contributed by atoms with Gasteiger partial charge in [-0.1, -0.05) is 178 Å². The van der Waals surface area contributed by atoms with Crippen LogP contribution in [-0.2, 0) is 53.7 Å². The van der Waals surface area contributed by atoms with Gasteiger partial charge in [-0.05, 0) is 233 Å². The Morgan fingerprint density at radius 2 is 0.719 bits per heavy atom. The predicted octanol–water partition coefficient (Wildman–Crippen LogP) is 27.1. The lowest BCUT2D eigenvalue weighted by Crippen LogP contribution is -2.41. The molecular weight excluding hydrogens is 1740 g/mol. The second kappa shape index (κ2) is 39.8. The fraction of sp³-hybridized carbons (Fsp3) is 0.393. The summed E-state index contributed by atoms with van der Waals surface area (Å²) in [6, 6.07) is 60.9. The van der Waals surface area contributed by atoms with Gasteiger partial charge in [0.1, 0.15) is 11.4 Å². The van der Waals surface area contributed by atoms with Crippen LogP contribution in [0.1, 0.15) is 266 Å². The van der Waals surface area contributed by atoms with Gasteiger partial charge in [-0.3, -0.25) is 28.8 Å². The number of carbonyl (C=O) groups is 6. The maximum absolute atomic E-state index is 15.7. The molecule has 0 saturated carbocycles. The largest absolute Gasteiger partial charge is 0.350 e. The summed E-state index contributed by atoms with van der Waals surface area (Å²) in [6.07, 6.45) is 14.5. The van der Waals surface area contributed by atoms with Crippen LogP contribution in [0.2, 0.25) is 0 Å². The molecule has 0 fully saturated rings. The van der Waals surface area contributed by atoms with Crippen molar-refractivity contribution in [3.05, 3.63) is 279 Å². The molecule has 21 heteroatoms. The van der Waals surface area contributed by atoms with Gasteiger partial charge in [0.05, 0.1) is 64.6 Å². The molecule has 0 radical (unpaired) electrons. The molecule has 6 amide bonds. The van der Waals surface area contributed by atoms with E-state index in [4.69, 9.17) is 0 Å². The number of aromatic nitrogens is 1. The number of fused-ring (bicyclic) bond motifs is 2. The Labute approximate surface area is 789 Å². The van der Waals surface area contributed by atoms with Crippen LogP contribution in [0.25, 0.3) is 54.4 Å². The summed E-state index contributed by atoms with van der Waals surface area (Å²) in [7, 11) is 0. The standard InChI is InChI=1S/C107H121N7O6S8/c1-17-106(15,71-36-23-20-24-37-71)88-56-52-84(127-88)96-92-90(100(117)113(96)64-28-32-68(7)8)94(111(102(92)119)62-26-30-66(3)4)82-50-48-80(125-82)78-46-42-72(121-78)40-41-73-45-55-87(124-73)105(13,14)107(16,18-2)89-57-53-85(128-89)97-93-91(101(118)114(97)65-29-33-69(9)10)95(112(103(93)120)63-27-31-67(5)6)83-51-49-81(126-83)79-47-43-74(122-79)58-60-108-98(115)76-38-25-39-77(110-76)99(116)109-61-59-75-44-54-86(123-75)104(11,12)70-34-21-19-22-35-70/h19-25,34-57,66-69H,17-18,26-33,58-65H2,1-16H3,(H,108,115)(H,109,116)/b41-40+. The van der Waals surface area contributed by atoms with E-state index in [0.29, 0.717) is 104 Å². The van der Waals surface area contributed by atoms with Gasteiger partial charge >= 0.3 is 0 Å². The molecule has 4 aliphatic heterocycles. The normalized spacial score (nSPS) is 15.6. The van der Waals surface area contributed by atoms with Crippen LogP contribution in [0.4, 0.5) is 0 Å². The van der Waals surface area contributed by atoms with Crippen molar-refractivity contribution in [3.63, 3.8) is 0 Å². The molecule has 668 valence electrons. The molecule has 2 unspecified atom stereocenters. The summed E-state index contributed by atoms with van der Waals surface area (Å²) in [4.78, 5) is 119. The lowest BCUT2D eigenvalue weighted by Gasteiger charge is -2.43. The van der Waals surface area contributed by atoms with Crippen molar-refractivity contribution in [2.45, 2.75) is 209 Å².